The summed E-state index contributed by atoms with van der Waals surface area (Å²) in [7, 11) is -3.57. The molecule has 0 spiro atoms. The molecule has 0 atom stereocenters. The van der Waals surface area contributed by atoms with Crippen molar-refractivity contribution >= 4 is 37.6 Å². The van der Waals surface area contributed by atoms with Crippen molar-refractivity contribution in [3.63, 3.8) is 0 Å². The molecule has 1 heterocycles. The SMILES string of the molecule is O=S(=O)(NC1(CCl)CCOCC1)c1cccc(Br)c1. The Balaban J connectivity index is 2.25. The predicted molar refractivity (Wildman–Crippen MR) is 78.0 cm³/mol. The van der Waals surface area contributed by atoms with Gasteiger partial charge in [0.1, 0.15) is 0 Å². The van der Waals surface area contributed by atoms with Gasteiger partial charge in [-0.1, -0.05) is 22.0 Å². The van der Waals surface area contributed by atoms with E-state index in [1.807, 2.05) is 0 Å². The number of rotatable bonds is 4. The van der Waals surface area contributed by atoms with Gasteiger partial charge in [-0.25, -0.2) is 13.1 Å². The van der Waals surface area contributed by atoms with Crippen LogP contribution in [0.4, 0.5) is 0 Å². The fourth-order valence-corrected chi connectivity index (χ4v) is 4.47. The van der Waals surface area contributed by atoms with Crippen molar-refractivity contribution in [3.05, 3.63) is 28.7 Å². The second-order valence-electron chi connectivity index (χ2n) is 4.59. The van der Waals surface area contributed by atoms with E-state index in [9.17, 15) is 8.42 Å². The monoisotopic (exact) mass is 367 g/mol. The Kier molecular flexibility index (Phi) is 4.89. The van der Waals surface area contributed by atoms with Crippen molar-refractivity contribution in [2.24, 2.45) is 0 Å². The standard InChI is InChI=1S/C12H15BrClNO3S/c13-10-2-1-3-11(8-10)19(16,17)15-12(9-14)4-6-18-7-5-12/h1-3,8,15H,4-7,9H2. The van der Waals surface area contributed by atoms with Gasteiger partial charge >= 0.3 is 0 Å². The van der Waals surface area contributed by atoms with Crippen LogP contribution >= 0.6 is 27.5 Å². The Hall–Kier alpha value is -0.140. The molecule has 1 aromatic carbocycles. The van der Waals surface area contributed by atoms with Gasteiger partial charge in [-0.05, 0) is 31.0 Å². The van der Waals surface area contributed by atoms with E-state index in [1.54, 1.807) is 24.3 Å². The Morgan fingerprint density at radius 1 is 1.37 bits per heavy atom. The third-order valence-corrected chi connectivity index (χ3v) is 5.74. The summed E-state index contributed by atoms with van der Waals surface area (Å²) >= 11 is 9.24. The smallest absolute Gasteiger partial charge is 0.241 e. The molecule has 0 amide bonds. The maximum atomic E-state index is 12.4. The summed E-state index contributed by atoms with van der Waals surface area (Å²) in [5, 5.41) is 0. The highest BCUT2D eigenvalue weighted by Crippen LogP contribution is 2.25. The number of benzene rings is 1. The molecule has 0 unspecified atom stereocenters. The van der Waals surface area contributed by atoms with Crippen LogP contribution in [0.2, 0.25) is 0 Å². The fraction of sp³-hybridized carbons (Fsp3) is 0.500. The van der Waals surface area contributed by atoms with Crippen LogP contribution in [-0.4, -0.2) is 33.1 Å². The molecule has 19 heavy (non-hydrogen) atoms. The zero-order valence-electron chi connectivity index (χ0n) is 10.2. The highest BCUT2D eigenvalue weighted by atomic mass is 79.9. The summed E-state index contributed by atoms with van der Waals surface area (Å²) in [5.41, 5.74) is -0.610. The lowest BCUT2D eigenvalue weighted by atomic mass is 9.94. The number of hydrogen-bond acceptors (Lipinski definition) is 3. The average molecular weight is 369 g/mol. The second-order valence-corrected chi connectivity index (χ2v) is 7.45. The number of nitrogens with one attached hydrogen (secondary N) is 1. The molecule has 0 radical (unpaired) electrons. The lowest BCUT2D eigenvalue weighted by Crippen LogP contribution is -2.53. The van der Waals surface area contributed by atoms with Gasteiger partial charge in [0.2, 0.25) is 10.0 Å². The van der Waals surface area contributed by atoms with Crippen LogP contribution in [-0.2, 0) is 14.8 Å². The van der Waals surface area contributed by atoms with E-state index in [0.717, 1.165) is 4.47 Å². The molecule has 1 aliphatic heterocycles. The van der Waals surface area contributed by atoms with E-state index in [2.05, 4.69) is 20.7 Å². The van der Waals surface area contributed by atoms with E-state index < -0.39 is 15.6 Å². The van der Waals surface area contributed by atoms with E-state index in [-0.39, 0.29) is 10.8 Å². The van der Waals surface area contributed by atoms with E-state index in [4.69, 9.17) is 16.3 Å². The van der Waals surface area contributed by atoms with Crippen molar-refractivity contribution in [1.82, 2.24) is 4.72 Å². The van der Waals surface area contributed by atoms with Gasteiger partial charge < -0.3 is 4.74 Å². The maximum absolute atomic E-state index is 12.4. The molecule has 1 aliphatic rings. The summed E-state index contributed by atoms with van der Waals surface area (Å²) in [5.74, 6) is 0.240. The molecule has 0 aromatic heterocycles. The first kappa shape index (κ1) is 15.3. The van der Waals surface area contributed by atoms with Crippen LogP contribution in [0.1, 0.15) is 12.8 Å². The maximum Gasteiger partial charge on any atom is 0.241 e. The molecule has 1 aromatic rings. The van der Waals surface area contributed by atoms with Crippen LogP contribution in [0.3, 0.4) is 0 Å². The first-order valence-electron chi connectivity index (χ1n) is 5.91. The van der Waals surface area contributed by atoms with Crippen LogP contribution < -0.4 is 4.72 Å². The van der Waals surface area contributed by atoms with Crippen molar-refractivity contribution < 1.29 is 13.2 Å². The van der Waals surface area contributed by atoms with Gasteiger partial charge in [0, 0.05) is 23.6 Å². The second kappa shape index (κ2) is 6.10. The zero-order chi connectivity index (χ0) is 13.9. The topological polar surface area (TPSA) is 55.4 Å². The number of sulfonamides is 1. The Morgan fingerprint density at radius 3 is 2.63 bits per heavy atom. The van der Waals surface area contributed by atoms with Crippen molar-refractivity contribution in [2.75, 3.05) is 19.1 Å². The quantitative estimate of drug-likeness (QED) is 0.831. The fourth-order valence-electron chi connectivity index (χ4n) is 2.00. The number of ether oxygens (including phenoxy) is 1. The van der Waals surface area contributed by atoms with Crippen LogP contribution in [0.25, 0.3) is 0 Å². The molecule has 1 saturated heterocycles. The molecular formula is C12H15BrClNO3S. The summed E-state index contributed by atoms with van der Waals surface area (Å²) in [6, 6.07) is 6.61. The third-order valence-electron chi connectivity index (χ3n) is 3.16. The zero-order valence-corrected chi connectivity index (χ0v) is 13.4. The summed E-state index contributed by atoms with van der Waals surface area (Å²) in [6.07, 6.45) is 1.17. The van der Waals surface area contributed by atoms with Crippen molar-refractivity contribution in [3.8, 4) is 0 Å². The van der Waals surface area contributed by atoms with E-state index in [0.29, 0.717) is 26.1 Å². The lowest BCUT2D eigenvalue weighted by Gasteiger charge is -2.35. The molecule has 0 saturated carbocycles. The van der Waals surface area contributed by atoms with E-state index in [1.165, 1.54) is 0 Å². The Morgan fingerprint density at radius 2 is 2.05 bits per heavy atom. The van der Waals surface area contributed by atoms with Gasteiger partial charge in [-0.2, -0.15) is 0 Å². The van der Waals surface area contributed by atoms with Crippen LogP contribution in [0.15, 0.2) is 33.6 Å². The van der Waals surface area contributed by atoms with Gasteiger partial charge in [-0.15, -0.1) is 11.6 Å². The third kappa shape index (κ3) is 3.70. The van der Waals surface area contributed by atoms with Crippen molar-refractivity contribution in [1.29, 1.82) is 0 Å². The summed E-state index contributed by atoms with van der Waals surface area (Å²) in [4.78, 5) is 0.234. The number of hydrogen-bond donors (Lipinski definition) is 1. The number of alkyl halides is 1. The molecule has 7 heteroatoms. The van der Waals surface area contributed by atoms with Crippen LogP contribution in [0, 0.1) is 0 Å². The van der Waals surface area contributed by atoms with Gasteiger partial charge in [0.25, 0.3) is 0 Å². The molecule has 4 nitrogen and oxygen atoms in total. The lowest BCUT2D eigenvalue weighted by molar-refractivity contribution is 0.0549. The first-order valence-corrected chi connectivity index (χ1v) is 8.72. The first-order chi connectivity index (χ1) is 8.97. The summed E-state index contributed by atoms with van der Waals surface area (Å²) < 4.78 is 33.5. The normalized spacial score (nSPS) is 19.3. The highest BCUT2D eigenvalue weighted by molar-refractivity contribution is 9.10. The minimum absolute atomic E-state index is 0.234. The minimum atomic E-state index is -3.57. The van der Waals surface area contributed by atoms with Crippen LogP contribution in [0.5, 0.6) is 0 Å². The molecule has 2 rings (SSSR count). The molecule has 1 fully saturated rings. The molecule has 0 aliphatic carbocycles. The Bertz CT molecular complexity index is 544. The molecule has 1 N–H and O–H groups in total. The van der Waals surface area contributed by atoms with E-state index >= 15 is 0 Å². The van der Waals surface area contributed by atoms with Gasteiger partial charge in [-0.3, -0.25) is 0 Å². The number of halogens is 2. The molecule has 106 valence electrons. The largest absolute Gasteiger partial charge is 0.381 e. The highest BCUT2D eigenvalue weighted by Gasteiger charge is 2.36. The Labute approximate surface area is 126 Å². The summed E-state index contributed by atoms with van der Waals surface area (Å²) in [6.45, 7) is 1.04. The average Bonchev–Trinajstić information content (AvgIpc) is 2.39. The van der Waals surface area contributed by atoms with Crippen molar-refractivity contribution in [2.45, 2.75) is 23.3 Å². The van der Waals surface area contributed by atoms with Gasteiger partial charge in [0.15, 0.2) is 0 Å². The molecule has 0 bridgehead atoms. The minimum Gasteiger partial charge on any atom is -0.381 e. The predicted octanol–water partition coefficient (Wildman–Crippen LogP) is 2.52. The van der Waals surface area contributed by atoms with Gasteiger partial charge in [0.05, 0.1) is 10.4 Å². The molecular weight excluding hydrogens is 354 g/mol.